The Morgan fingerprint density at radius 1 is 1.21 bits per heavy atom. The molecule has 106 valence electrons. The van der Waals surface area contributed by atoms with Crippen molar-refractivity contribution in [1.29, 1.82) is 0 Å². The summed E-state index contributed by atoms with van der Waals surface area (Å²) in [7, 11) is 1.11. The van der Waals surface area contributed by atoms with Crippen LogP contribution < -0.4 is 0 Å². The Hall–Kier alpha value is -1.25. The van der Waals surface area contributed by atoms with Gasteiger partial charge in [-0.1, -0.05) is 6.92 Å². The lowest BCUT2D eigenvalue weighted by molar-refractivity contribution is -0.107. The fourth-order valence-electron chi connectivity index (χ4n) is 1.60. The van der Waals surface area contributed by atoms with E-state index in [1.807, 2.05) is 34.6 Å². The first-order chi connectivity index (χ1) is 8.73. The third-order valence-corrected chi connectivity index (χ3v) is 3.48. The second kappa shape index (κ2) is 6.79. The first-order valence-corrected chi connectivity index (χ1v) is 6.13. The molecule has 1 fully saturated rings. The summed E-state index contributed by atoms with van der Waals surface area (Å²) in [6.07, 6.45) is 10.4. The lowest BCUT2D eigenvalue weighted by Gasteiger charge is -2.32. The van der Waals surface area contributed by atoms with Crippen molar-refractivity contribution in [3.63, 3.8) is 0 Å². The number of methoxy groups -OCH3 is 1. The Labute approximate surface area is 116 Å². The van der Waals surface area contributed by atoms with E-state index in [1.165, 1.54) is 7.11 Å². The topological polar surface area (TPSA) is 44.8 Å². The molecule has 0 saturated carbocycles. The Kier molecular flexibility index (Phi) is 6.34. The highest BCUT2D eigenvalue weighted by Gasteiger charge is 2.52. The number of carbonyl (C=O) groups is 1. The highest BCUT2D eigenvalue weighted by atomic mass is 16.7. The Balaban J connectivity index is 0.00000154. The minimum Gasteiger partial charge on any atom is -0.494 e. The average Bonchev–Trinajstić information content (AvgIpc) is 2.58. The maximum atomic E-state index is 10.7. The van der Waals surface area contributed by atoms with Crippen LogP contribution >= 0.6 is 0 Å². The van der Waals surface area contributed by atoms with Gasteiger partial charge in [0.05, 0.1) is 18.3 Å². The molecule has 0 spiro atoms. The van der Waals surface area contributed by atoms with Gasteiger partial charge in [0.1, 0.15) is 0 Å². The molecule has 1 aliphatic rings. The fraction of sp³-hybridized carbons (Fsp3) is 0.643. The van der Waals surface area contributed by atoms with Crippen LogP contribution in [0.1, 0.15) is 34.6 Å². The van der Waals surface area contributed by atoms with Gasteiger partial charge in [-0.05, 0) is 33.8 Å². The van der Waals surface area contributed by atoms with Crippen LogP contribution in [0.15, 0.2) is 11.8 Å². The summed E-state index contributed by atoms with van der Waals surface area (Å²) in [5.41, 5.74) is -0.706. The molecular formula is C14H23BO4. The summed E-state index contributed by atoms with van der Waals surface area (Å²) in [6.45, 7) is 9.94. The highest BCUT2D eigenvalue weighted by molar-refractivity contribution is 6.48. The van der Waals surface area contributed by atoms with E-state index in [2.05, 4.69) is 12.8 Å². The zero-order valence-electron chi connectivity index (χ0n) is 12.6. The first-order valence-electron chi connectivity index (χ1n) is 6.13. The summed E-state index contributed by atoms with van der Waals surface area (Å²) < 4.78 is 16.7. The molecule has 19 heavy (non-hydrogen) atoms. The molecule has 0 aliphatic carbocycles. The standard InChI is InChI=1S/C12H21BO4.C2H2/c1-9(7-10(8-14)15-6)13-16-11(2,3)12(4,5)17-13;1-2/h7-9H,1-6H3;1-2H/b10-7-;. The van der Waals surface area contributed by atoms with Crippen LogP contribution in [-0.4, -0.2) is 31.7 Å². The minimum atomic E-state index is -0.356. The summed E-state index contributed by atoms with van der Waals surface area (Å²) in [5.74, 6) is 0.253. The third-order valence-electron chi connectivity index (χ3n) is 3.48. The van der Waals surface area contributed by atoms with Gasteiger partial charge >= 0.3 is 7.12 Å². The fourth-order valence-corrected chi connectivity index (χ4v) is 1.60. The predicted molar refractivity (Wildman–Crippen MR) is 76.6 cm³/mol. The molecule has 1 saturated heterocycles. The summed E-state index contributed by atoms with van der Waals surface area (Å²) in [5, 5.41) is 0. The van der Waals surface area contributed by atoms with Gasteiger partial charge in [-0.2, -0.15) is 0 Å². The van der Waals surface area contributed by atoms with Gasteiger partial charge in [-0.25, -0.2) is 0 Å². The second-order valence-electron chi connectivity index (χ2n) is 5.37. The number of allylic oxidation sites excluding steroid dienone is 2. The molecule has 1 rings (SSSR count). The van der Waals surface area contributed by atoms with Gasteiger partial charge in [-0.3, -0.25) is 4.79 Å². The first kappa shape index (κ1) is 17.8. The van der Waals surface area contributed by atoms with Gasteiger partial charge in [0, 0.05) is 5.82 Å². The number of terminal acetylenes is 1. The van der Waals surface area contributed by atoms with Crippen LogP contribution in [0.25, 0.3) is 0 Å². The van der Waals surface area contributed by atoms with E-state index in [9.17, 15) is 4.79 Å². The van der Waals surface area contributed by atoms with Crippen molar-refractivity contribution < 1.29 is 18.8 Å². The van der Waals surface area contributed by atoms with Gasteiger partial charge in [0.2, 0.25) is 0 Å². The van der Waals surface area contributed by atoms with Crippen LogP contribution in [0.5, 0.6) is 0 Å². The lowest BCUT2D eigenvalue weighted by atomic mass is 9.73. The van der Waals surface area contributed by atoms with Crippen molar-refractivity contribution in [3.05, 3.63) is 11.8 Å². The highest BCUT2D eigenvalue weighted by Crippen LogP contribution is 2.40. The molecule has 0 radical (unpaired) electrons. The van der Waals surface area contributed by atoms with Gasteiger partial charge in [0.25, 0.3) is 0 Å². The van der Waals surface area contributed by atoms with Crippen molar-refractivity contribution >= 4 is 13.4 Å². The summed E-state index contributed by atoms with van der Waals surface area (Å²) in [6, 6.07) is 0. The van der Waals surface area contributed by atoms with Crippen molar-refractivity contribution in [1.82, 2.24) is 0 Å². The second-order valence-corrected chi connectivity index (χ2v) is 5.37. The van der Waals surface area contributed by atoms with Gasteiger partial charge < -0.3 is 14.0 Å². The smallest absolute Gasteiger partial charge is 0.465 e. The molecule has 5 heteroatoms. The van der Waals surface area contributed by atoms with Gasteiger partial charge in [0.15, 0.2) is 12.0 Å². The van der Waals surface area contributed by atoms with Crippen molar-refractivity contribution in [2.75, 3.05) is 7.11 Å². The van der Waals surface area contributed by atoms with E-state index in [0.29, 0.717) is 12.0 Å². The molecule has 1 unspecified atom stereocenters. The molecule has 0 bridgehead atoms. The Bertz CT molecular complexity index is 342. The largest absolute Gasteiger partial charge is 0.494 e. The molecule has 0 N–H and O–H groups in total. The monoisotopic (exact) mass is 266 g/mol. The zero-order valence-corrected chi connectivity index (χ0v) is 12.6. The van der Waals surface area contributed by atoms with Gasteiger partial charge in [-0.15, -0.1) is 12.8 Å². The van der Waals surface area contributed by atoms with Crippen LogP contribution in [-0.2, 0) is 18.8 Å². The normalized spacial score (nSPS) is 22.1. The molecule has 0 amide bonds. The van der Waals surface area contributed by atoms with Crippen molar-refractivity contribution in [3.8, 4) is 12.8 Å². The summed E-state index contributed by atoms with van der Waals surface area (Å²) in [4.78, 5) is 10.7. The molecule has 0 aromatic rings. The molecule has 0 aromatic heterocycles. The third kappa shape index (κ3) is 4.12. The Morgan fingerprint density at radius 3 is 1.95 bits per heavy atom. The quantitative estimate of drug-likeness (QED) is 0.258. The van der Waals surface area contributed by atoms with E-state index >= 15 is 0 Å². The predicted octanol–water partition coefficient (Wildman–Crippen LogP) is 2.45. The Morgan fingerprint density at radius 2 is 1.63 bits per heavy atom. The van der Waals surface area contributed by atoms with Crippen molar-refractivity contribution in [2.45, 2.75) is 51.6 Å². The van der Waals surface area contributed by atoms with E-state index < -0.39 is 0 Å². The molecule has 1 atom stereocenters. The number of carbonyl (C=O) groups excluding carboxylic acids is 1. The number of ether oxygens (including phenoxy) is 1. The van der Waals surface area contributed by atoms with Crippen LogP contribution in [0.3, 0.4) is 0 Å². The molecule has 4 nitrogen and oxygen atoms in total. The lowest BCUT2D eigenvalue weighted by Crippen LogP contribution is -2.41. The van der Waals surface area contributed by atoms with Crippen LogP contribution in [0.2, 0.25) is 5.82 Å². The minimum absolute atomic E-state index is 0.0452. The van der Waals surface area contributed by atoms with E-state index in [0.717, 1.165) is 0 Å². The van der Waals surface area contributed by atoms with Crippen molar-refractivity contribution in [2.24, 2.45) is 0 Å². The average molecular weight is 266 g/mol. The number of hydrogen-bond donors (Lipinski definition) is 0. The van der Waals surface area contributed by atoms with Crippen LogP contribution in [0.4, 0.5) is 0 Å². The van der Waals surface area contributed by atoms with E-state index in [1.54, 1.807) is 6.08 Å². The maximum absolute atomic E-state index is 10.7. The molecule has 0 aromatic carbocycles. The van der Waals surface area contributed by atoms with Crippen LogP contribution in [0, 0.1) is 12.8 Å². The van der Waals surface area contributed by atoms with E-state index in [-0.39, 0.29) is 24.1 Å². The zero-order chi connectivity index (χ0) is 15.3. The molecular weight excluding hydrogens is 243 g/mol. The maximum Gasteiger partial charge on any atom is 0.465 e. The molecule has 1 heterocycles. The summed E-state index contributed by atoms with van der Waals surface area (Å²) >= 11 is 0. The molecule has 1 aliphatic heterocycles. The number of aldehydes is 1. The number of rotatable bonds is 4. The van der Waals surface area contributed by atoms with E-state index in [4.69, 9.17) is 14.0 Å². The number of hydrogen-bond acceptors (Lipinski definition) is 4. The SMILES string of the molecule is C#C.CO/C(C=O)=C\C(C)B1OC(C)(C)C(C)(C)O1.